The van der Waals surface area contributed by atoms with Crippen LogP contribution >= 0.6 is 11.6 Å². The van der Waals surface area contributed by atoms with Gasteiger partial charge in [-0.25, -0.2) is 4.79 Å². The van der Waals surface area contributed by atoms with Gasteiger partial charge in [0.15, 0.2) is 0 Å². The maximum Gasteiger partial charge on any atom is 0.337 e. The summed E-state index contributed by atoms with van der Waals surface area (Å²) in [4.78, 5) is 14.7. The van der Waals surface area contributed by atoms with Crippen LogP contribution in [0, 0.1) is 0 Å². The van der Waals surface area contributed by atoms with Crippen LogP contribution in [0.3, 0.4) is 0 Å². The number of esters is 1. The molecule has 1 N–H and O–H groups in total. The highest BCUT2D eigenvalue weighted by Crippen LogP contribution is 2.28. The average molecular weight is 260 g/mol. The van der Waals surface area contributed by atoms with Crippen molar-refractivity contribution in [3.63, 3.8) is 0 Å². The van der Waals surface area contributed by atoms with E-state index in [0.717, 1.165) is 21.8 Å². The summed E-state index contributed by atoms with van der Waals surface area (Å²) in [5, 5.41) is 2.79. The van der Waals surface area contributed by atoms with Gasteiger partial charge in [0.2, 0.25) is 0 Å². The zero-order valence-electron chi connectivity index (χ0n) is 9.66. The van der Waals surface area contributed by atoms with Crippen molar-refractivity contribution in [2.75, 3.05) is 7.11 Å². The van der Waals surface area contributed by atoms with Gasteiger partial charge in [-0.2, -0.15) is 0 Å². The molecule has 0 aliphatic heterocycles. The molecule has 2 aromatic carbocycles. The van der Waals surface area contributed by atoms with Crippen LogP contribution in [0.1, 0.15) is 10.4 Å². The largest absolute Gasteiger partial charge is 0.465 e. The lowest BCUT2D eigenvalue weighted by Crippen LogP contribution is -2.00. The quantitative estimate of drug-likeness (QED) is 0.676. The van der Waals surface area contributed by atoms with Crippen molar-refractivity contribution in [1.29, 1.82) is 0 Å². The smallest absolute Gasteiger partial charge is 0.337 e. The Labute approximate surface area is 108 Å². The van der Waals surface area contributed by atoms with Crippen LogP contribution in [-0.2, 0) is 4.74 Å². The molecule has 1 aromatic heterocycles. The molecule has 90 valence electrons. The third-order valence-corrected chi connectivity index (χ3v) is 3.22. The first-order valence-corrected chi connectivity index (χ1v) is 5.86. The maximum absolute atomic E-state index is 11.5. The fraction of sp³-hybridized carbons (Fsp3) is 0.0714. The molecule has 0 saturated heterocycles. The molecule has 4 heteroatoms. The van der Waals surface area contributed by atoms with E-state index in [9.17, 15) is 4.79 Å². The van der Waals surface area contributed by atoms with Crippen LogP contribution < -0.4 is 0 Å². The number of carbonyl (C=O) groups is 1. The number of aromatic amines is 1. The number of methoxy groups -OCH3 is 1. The molecule has 1 heterocycles. The Morgan fingerprint density at radius 3 is 2.72 bits per heavy atom. The summed E-state index contributed by atoms with van der Waals surface area (Å²) in [5.74, 6) is -0.339. The Morgan fingerprint density at radius 2 is 1.94 bits per heavy atom. The summed E-state index contributed by atoms with van der Waals surface area (Å²) >= 11 is 5.99. The zero-order chi connectivity index (χ0) is 12.7. The lowest BCUT2D eigenvalue weighted by atomic mass is 10.1. The second-order valence-electron chi connectivity index (χ2n) is 4.07. The maximum atomic E-state index is 11.5. The van der Waals surface area contributed by atoms with Crippen LogP contribution in [0.2, 0.25) is 5.02 Å². The number of rotatable bonds is 1. The highest BCUT2D eigenvalue weighted by Gasteiger charge is 2.09. The SMILES string of the molecule is COC(=O)c1ccc2c(c1)[nH]c1ccc(Cl)cc12. The van der Waals surface area contributed by atoms with Gasteiger partial charge >= 0.3 is 5.97 Å². The molecule has 0 aliphatic rings. The van der Waals surface area contributed by atoms with Crippen molar-refractivity contribution in [3.05, 3.63) is 47.0 Å². The van der Waals surface area contributed by atoms with Gasteiger partial charge in [0.05, 0.1) is 12.7 Å². The van der Waals surface area contributed by atoms with Crippen molar-refractivity contribution in [1.82, 2.24) is 4.98 Å². The van der Waals surface area contributed by atoms with Crippen LogP contribution in [0.5, 0.6) is 0 Å². The number of carbonyl (C=O) groups excluding carboxylic acids is 1. The lowest BCUT2D eigenvalue weighted by molar-refractivity contribution is 0.0601. The van der Waals surface area contributed by atoms with Gasteiger partial charge in [0.1, 0.15) is 0 Å². The summed E-state index contributed by atoms with van der Waals surface area (Å²) in [7, 11) is 1.37. The predicted octanol–water partition coefficient (Wildman–Crippen LogP) is 3.76. The molecule has 0 fully saturated rings. The third-order valence-electron chi connectivity index (χ3n) is 2.98. The Balaban J connectivity index is 2.30. The monoisotopic (exact) mass is 259 g/mol. The van der Waals surface area contributed by atoms with E-state index in [2.05, 4.69) is 4.98 Å². The van der Waals surface area contributed by atoms with E-state index in [4.69, 9.17) is 16.3 Å². The molecule has 0 amide bonds. The summed E-state index contributed by atoms with van der Waals surface area (Å²) in [6, 6.07) is 11.1. The standard InChI is InChI=1S/C14H10ClNO2/c1-18-14(17)8-2-4-10-11-7-9(15)3-5-12(11)16-13(10)6-8/h2-7,16H,1H3. The summed E-state index contributed by atoms with van der Waals surface area (Å²) in [6.07, 6.45) is 0. The molecule has 0 bridgehead atoms. The molecule has 0 atom stereocenters. The second-order valence-corrected chi connectivity index (χ2v) is 4.50. The fourth-order valence-corrected chi connectivity index (χ4v) is 2.29. The van der Waals surface area contributed by atoms with Gasteiger partial charge in [0, 0.05) is 26.8 Å². The minimum atomic E-state index is -0.339. The highest BCUT2D eigenvalue weighted by atomic mass is 35.5. The van der Waals surface area contributed by atoms with E-state index in [1.807, 2.05) is 24.3 Å². The molecular formula is C14H10ClNO2. The molecule has 3 aromatic rings. The number of aromatic nitrogens is 1. The molecule has 0 saturated carbocycles. The molecule has 0 radical (unpaired) electrons. The van der Waals surface area contributed by atoms with Crippen LogP contribution in [0.4, 0.5) is 0 Å². The van der Waals surface area contributed by atoms with Crippen molar-refractivity contribution >= 4 is 39.4 Å². The third kappa shape index (κ3) is 1.64. The van der Waals surface area contributed by atoms with Crippen molar-refractivity contribution in [2.24, 2.45) is 0 Å². The Morgan fingerprint density at radius 1 is 1.11 bits per heavy atom. The molecule has 0 unspecified atom stereocenters. The highest BCUT2D eigenvalue weighted by molar-refractivity contribution is 6.31. The number of ether oxygens (including phenoxy) is 1. The number of hydrogen-bond acceptors (Lipinski definition) is 2. The lowest BCUT2D eigenvalue weighted by Gasteiger charge is -1.98. The zero-order valence-corrected chi connectivity index (χ0v) is 10.4. The van der Waals surface area contributed by atoms with E-state index < -0.39 is 0 Å². The van der Waals surface area contributed by atoms with E-state index in [1.165, 1.54) is 7.11 Å². The van der Waals surface area contributed by atoms with E-state index in [1.54, 1.807) is 12.1 Å². The summed E-state index contributed by atoms with van der Waals surface area (Å²) in [5.41, 5.74) is 2.43. The van der Waals surface area contributed by atoms with E-state index >= 15 is 0 Å². The molecule has 0 spiro atoms. The first-order valence-electron chi connectivity index (χ1n) is 5.48. The molecule has 3 rings (SSSR count). The van der Waals surface area contributed by atoms with Gasteiger partial charge in [-0.05, 0) is 30.3 Å². The van der Waals surface area contributed by atoms with Crippen molar-refractivity contribution < 1.29 is 9.53 Å². The van der Waals surface area contributed by atoms with Crippen LogP contribution in [0.15, 0.2) is 36.4 Å². The van der Waals surface area contributed by atoms with E-state index in [0.29, 0.717) is 10.6 Å². The number of benzene rings is 2. The Bertz CT molecular complexity index is 761. The fourth-order valence-electron chi connectivity index (χ4n) is 2.12. The van der Waals surface area contributed by atoms with Gasteiger partial charge in [-0.15, -0.1) is 0 Å². The minimum Gasteiger partial charge on any atom is -0.465 e. The van der Waals surface area contributed by atoms with Crippen LogP contribution in [0.25, 0.3) is 21.8 Å². The van der Waals surface area contributed by atoms with Gasteiger partial charge in [0.25, 0.3) is 0 Å². The molecular weight excluding hydrogens is 250 g/mol. The van der Waals surface area contributed by atoms with Crippen LogP contribution in [-0.4, -0.2) is 18.1 Å². The molecule has 0 aliphatic carbocycles. The number of hydrogen-bond donors (Lipinski definition) is 1. The second kappa shape index (κ2) is 4.03. The average Bonchev–Trinajstić information content (AvgIpc) is 2.74. The van der Waals surface area contributed by atoms with Crippen molar-refractivity contribution in [2.45, 2.75) is 0 Å². The van der Waals surface area contributed by atoms with Gasteiger partial charge in [-0.1, -0.05) is 17.7 Å². The number of halogens is 1. The number of H-pyrrole nitrogens is 1. The Hall–Kier alpha value is -2.00. The molecule has 3 nitrogen and oxygen atoms in total. The Kier molecular flexibility index (Phi) is 2.49. The topological polar surface area (TPSA) is 42.1 Å². The van der Waals surface area contributed by atoms with Gasteiger partial charge < -0.3 is 9.72 Å². The van der Waals surface area contributed by atoms with E-state index in [-0.39, 0.29) is 5.97 Å². The minimum absolute atomic E-state index is 0.339. The predicted molar refractivity (Wildman–Crippen MR) is 72.2 cm³/mol. The summed E-state index contributed by atoms with van der Waals surface area (Å²) < 4.78 is 4.70. The van der Waals surface area contributed by atoms with Crippen molar-refractivity contribution in [3.8, 4) is 0 Å². The number of nitrogens with one attached hydrogen (secondary N) is 1. The molecule has 18 heavy (non-hydrogen) atoms. The number of fused-ring (bicyclic) bond motifs is 3. The van der Waals surface area contributed by atoms with Gasteiger partial charge in [-0.3, -0.25) is 0 Å². The first-order chi connectivity index (χ1) is 8.69. The normalized spacial score (nSPS) is 11.0. The summed E-state index contributed by atoms with van der Waals surface area (Å²) in [6.45, 7) is 0. The first kappa shape index (κ1) is 11.1.